The van der Waals surface area contributed by atoms with E-state index in [2.05, 4.69) is 10.1 Å². The van der Waals surface area contributed by atoms with Crippen LogP contribution in [0.3, 0.4) is 0 Å². The maximum atomic E-state index is 11.8. The van der Waals surface area contributed by atoms with E-state index in [1.807, 2.05) is 49.4 Å². The summed E-state index contributed by atoms with van der Waals surface area (Å²) >= 11 is 0. The Morgan fingerprint density at radius 3 is 2.57 bits per heavy atom. The van der Waals surface area contributed by atoms with Crippen molar-refractivity contribution in [2.24, 2.45) is 0 Å². The summed E-state index contributed by atoms with van der Waals surface area (Å²) in [6.07, 6.45) is 8.47. The highest BCUT2D eigenvalue weighted by Gasteiger charge is 2.00. The normalized spacial score (nSPS) is 11.5. The van der Waals surface area contributed by atoms with Crippen LogP contribution in [0.15, 0.2) is 48.1 Å². The molecule has 0 radical (unpaired) electrons. The zero-order chi connectivity index (χ0) is 16.9. The fourth-order valence-electron chi connectivity index (χ4n) is 1.98. The van der Waals surface area contributed by atoms with Crippen molar-refractivity contribution < 1.29 is 14.3 Å². The average Bonchev–Trinajstić information content (AvgIpc) is 2.56. The largest absolute Gasteiger partial charge is 0.469 e. The number of amides is 1. The molecule has 0 saturated heterocycles. The molecule has 1 amide bonds. The fraction of sp³-hybridized carbons (Fsp3) is 0.368. The zero-order valence-electron chi connectivity index (χ0n) is 13.9. The first-order valence-corrected chi connectivity index (χ1v) is 7.88. The summed E-state index contributed by atoms with van der Waals surface area (Å²) in [5, 5.41) is 2.85. The molecule has 0 spiro atoms. The SMILES string of the molecule is COC(=O)CCCCCNC(=O)/C=C(C)/C=C/c1ccccc1. The number of carbonyl (C=O) groups is 2. The highest BCUT2D eigenvalue weighted by atomic mass is 16.5. The third-order valence-electron chi connectivity index (χ3n) is 3.28. The summed E-state index contributed by atoms with van der Waals surface area (Å²) < 4.78 is 4.57. The molecule has 1 aromatic rings. The Morgan fingerprint density at radius 2 is 1.87 bits per heavy atom. The van der Waals surface area contributed by atoms with E-state index in [0.717, 1.165) is 30.4 Å². The summed E-state index contributed by atoms with van der Waals surface area (Å²) in [7, 11) is 1.39. The maximum absolute atomic E-state index is 11.8. The fourth-order valence-corrected chi connectivity index (χ4v) is 1.98. The molecule has 0 fully saturated rings. The first kappa shape index (κ1) is 18.7. The van der Waals surface area contributed by atoms with Crippen LogP contribution in [0.2, 0.25) is 0 Å². The Kier molecular flexibility index (Phi) is 9.13. The number of methoxy groups -OCH3 is 1. The lowest BCUT2D eigenvalue weighted by atomic mass is 10.1. The van der Waals surface area contributed by atoms with Crippen LogP contribution in [0.1, 0.15) is 38.2 Å². The lowest BCUT2D eigenvalue weighted by Gasteiger charge is -2.03. The Labute approximate surface area is 138 Å². The average molecular weight is 315 g/mol. The van der Waals surface area contributed by atoms with Gasteiger partial charge in [-0.05, 0) is 30.9 Å². The van der Waals surface area contributed by atoms with Crippen molar-refractivity contribution >= 4 is 18.0 Å². The molecule has 0 aliphatic carbocycles. The van der Waals surface area contributed by atoms with Crippen LogP contribution >= 0.6 is 0 Å². The van der Waals surface area contributed by atoms with Crippen LogP contribution in [0.25, 0.3) is 6.08 Å². The number of benzene rings is 1. The number of unbranched alkanes of at least 4 members (excludes halogenated alkanes) is 2. The molecule has 0 heterocycles. The molecule has 0 unspecified atom stereocenters. The first-order chi connectivity index (χ1) is 11.1. The maximum Gasteiger partial charge on any atom is 0.305 e. The van der Waals surface area contributed by atoms with E-state index in [1.165, 1.54) is 7.11 Å². The Balaban J connectivity index is 2.21. The molecule has 1 aromatic carbocycles. The topological polar surface area (TPSA) is 55.4 Å². The summed E-state index contributed by atoms with van der Waals surface area (Å²) in [6.45, 7) is 2.52. The lowest BCUT2D eigenvalue weighted by molar-refractivity contribution is -0.140. The first-order valence-electron chi connectivity index (χ1n) is 7.88. The number of ether oxygens (including phenoxy) is 1. The molecule has 4 heteroatoms. The molecule has 23 heavy (non-hydrogen) atoms. The minimum absolute atomic E-state index is 0.0896. The van der Waals surface area contributed by atoms with E-state index in [4.69, 9.17) is 0 Å². The predicted molar refractivity (Wildman–Crippen MR) is 92.7 cm³/mol. The minimum Gasteiger partial charge on any atom is -0.469 e. The van der Waals surface area contributed by atoms with Crippen LogP contribution in [-0.4, -0.2) is 25.5 Å². The molecule has 124 valence electrons. The van der Waals surface area contributed by atoms with Gasteiger partial charge in [0.05, 0.1) is 7.11 Å². The Morgan fingerprint density at radius 1 is 1.13 bits per heavy atom. The van der Waals surface area contributed by atoms with Crippen molar-refractivity contribution in [3.8, 4) is 0 Å². The number of hydrogen-bond donors (Lipinski definition) is 1. The van der Waals surface area contributed by atoms with Crippen molar-refractivity contribution in [2.75, 3.05) is 13.7 Å². The molecule has 1 rings (SSSR count). The van der Waals surface area contributed by atoms with Crippen molar-refractivity contribution in [2.45, 2.75) is 32.6 Å². The van der Waals surface area contributed by atoms with Gasteiger partial charge in [-0.1, -0.05) is 48.9 Å². The van der Waals surface area contributed by atoms with E-state index < -0.39 is 0 Å². The third-order valence-corrected chi connectivity index (χ3v) is 3.28. The standard InChI is InChI=1S/C19H25NO3/c1-16(12-13-17-9-5-3-6-10-17)15-18(21)20-14-8-4-7-11-19(22)23-2/h3,5-6,9-10,12-13,15H,4,7-8,11,14H2,1-2H3,(H,20,21)/b13-12+,16-15+. The van der Waals surface area contributed by atoms with E-state index in [0.29, 0.717) is 13.0 Å². The molecule has 0 saturated carbocycles. The Bertz CT molecular complexity index is 547. The van der Waals surface area contributed by atoms with Gasteiger partial charge in [0.1, 0.15) is 0 Å². The number of carbonyl (C=O) groups excluding carboxylic acids is 2. The lowest BCUT2D eigenvalue weighted by Crippen LogP contribution is -2.22. The van der Waals surface area contributed by atoms with Gasteiger partial charge in [-0.25, -0.2) is 0 Å². The Hall–Kier alpha value is -2.36. The van der Waals surface area contributed by atoms with Gasteiger partial charge in [0.15, 0.2) is 0 Å². The van der Waals surface area contributed by atoms with Gasteiger partial charge in [0, 0.05) is 19.0 Å². The summed E-state index contributed by atoms with van der Waals surface area (Å²) in [4.78, 5) is 22.7. The van der Waals surface area contributed by atoms with Gasteiger partial charge < -0.3 is 10.1 Å². The number of nitrogens with one attached hydrogen (secondary N) is 1. The predicted octanol–water partition coefficient (Wildman–Crippen LogP) is 3.50. The van der Waals surface area contributed by atoms with Gasteiger partial charge in [-0.2, -0.15) is 0 Å². The van der Waals surface area contributed by atoms with Crippen LogP contribution in [0.5, 0.6) is 0 Å². The van der Waals surface area contributed by atoms with Crippen molar-refractivity contribution in [1.29, 1.82) is 0 Å². The molecule has 0 aromatic heterocycles. The highest BCUT2D eigenvalue weighted by molar-refractivity contribution is 5.88. The second-order valence-electron chi connectivity index (χ2n) is 5.31. The van der Waals surface area contributed by atoms with Gasteiger partial charge in [0.25, 0.3) is 0 Å². The van der Waals surface area contributed by atoms with Crippen molar-refractivity contribution in [1.82, 2.24) is 5.32 Å². The molecule has 1 N–H and O–H groups in total. The highest BCUT2D eigenvalue weighted by Crippen LogP contribution is 2.04. The molecule has 0 aliphatic heterocycles. The van der Waals surface area contributed by atoms with Gasteiger partial charge >= 0.3 is 5.97 Å². The minimum atomic E-state index is -0.183. The van der Waals surface area contributed by atoms with Crippen LogP contribution in [-0.2, 0) is 14.3 Å². The van der Waals surface area contributed by atoms with E-state index in [-0.39, 0.29) is 11.9 Å². The summed E-state index contributed by atoms with van der Waals surface area (Å²) in [5.41, 5.74) is 2.00. The second kappa shape index (κ2) is 11.2. The van der Waals surface area contributed by atoms with Crippen molar-refractivity contribution in [3.05, 3.63) is 53.6 Å². The van der Waals surface area contributed by atoms with E-state index in [1.54, 1.807) is 6.08 Å². The quantitative estimate of drug-likeness (QED) is 0.328. The van der Waals surface area contributed by atoms with Gasteiger partial charge in [-0.3, -0.25) is 9.59 Å². The third kappa shape index (κ3) is 9.30. The summed E-state index contributed by atoms with van der Waals surface area (Å²) in [6, 6.07) is 9.95. The number of allylic oxidation sites excluding steroid dienone is 2. The number of hydrogen-bond acceptors (Lipinski definition) is 3. The molecular weight excluding hydrogens is 290 g/mol. The molecule has 0 atom stereocenters. The molecule has 0 bridgehead atoms. The van der Waals surface area contributed by atoms with Crippen molar-refractivity contribution in [3.63, 3.8) is 0 Å². The van der Waals surface area contributed by atoms with Crippen LogP contribution in [0, 0.1) is 0 Å². The number of rotatable bonds is 9. The molecule has 0 aliphatic rings. The smallest absolute Gasteiger partial charge is 0.305 e. The van der Waals surface area contributed by atoms with Crippen LogP contribution in [0.4, 0.5) is 0 Å². The second-order valence-corrected chi connectivity index (χ2v) is 5.31. The van der Waals surface area contributed by atoms with Gasteiger partial charge in [0.2, 0.25) is 5.91 Å². The molecular formula is C19H25NO3. The monoisotopic (exact) mass is 315 g/mol. The van der Waals surface area contributed by atoms with E-state index in [9.17, 15) is 9.59 Å². The zero-order valence-corrected chi connectivity index (χ0v) is 13.9. The van der Waals surface area contributed by atoms with E-state index >= 15 is 0 Å². The molecule has 4 nitrogen and oxygen atoms in total. The summed E-state index contributed by atoms with van der Waals surface area (Å²) in [5.74, 6) is -0.272. The van der Waals surface area contributed by atoms with Crippen LogP contribution < -0.4 is 5.32 Å². The number of esters is 1. The van der Waals surface area contributed by atoms with Gasteiger partial charge in [-0.15, -0.1) is 0 Å².